The third kappa shape index (κ3) is 3.92. The van der Waals surface area contributed by atoms with Crippen LogP contribution in [0.5, 0.6) is 5.75 Å². The zero-order valence-electron chi connectivity index (χ0n) is 15.6. The van der Waals surface area contributed by atoms with Crippen molar-refractivity contribution >= 4 is 0 Å². The molecular weight excluding hydrogens is 324 g/mol. The zero-order valence-corrected chi connectivity index (χ0v) is 15.6. The lowest BCUT2D eigenvalue weighted by molar-refractivity contribution is 0.0238. The first-order chi connectivity index (χ1) is 12.8. The molecule has 1 atom stereocenters. The lowest BCUT2D eigenvalue weighted by Crippen LogP contribution is -2.44. The van der Waals surface area contributed by atoms with Crippen molar-refractivity contribution in [1.82, 2.24) is 9.88 Å². The van der Waals surface area contributed by atoms with Crippen molar-refractivity contribution in [3.8, 4) is 17.0 Å². The number of hydrogen-bond acceptors (Lipinski definition) is 4. The van der Waals surface area contributed by atoms with E-state index in [1.807, 2.05) is 12.1 Å². The van der Waals surface area contributed by atoms with Crippen molar-refractivity contribution in [2.24, 2.45) is 0 Å². The van der Waals surface area contributed by atoms with Gasteiger partial charge in [-0.3, -0.25) is 9.88 Å². The highest BCUT2D eigenvalue weighted by Crippen LogP contribution is 2.30. The van der Waals surface area contributed by atoms with E-state index in [0.29, 0.717) is 12.0 Å². The number of ether oxygens (including phenoxy) is 2. The smallest absolute Gasteiger partial charge is 0.119 e. The van der Waals surface area contributed by atoms with Crippen molar-refractivity contribution in [3.63, 3.8) is 0 Å². The van der Waals surface area contributed by atoms with Crippen molar-refractivity contribution in [1.29, 1.82) is 0 Å². The van der Waals surface area contributed by atoms with Gasteiger partial charge in [-0.1, -0.05) is 18.2 Å². The first kappa shape index (κ1) is 17.5. The predicted molar refractivity (Wildman–Crippen MR) is 104 cm³/mol. The van der Waals surface area contributed by atoms with Gasteiger partial charge in [0.15, 0.2) is 0 Å². The fourth-order valence-corrected chi connectivity index (χ4v) is 4.25. The third-order valence-electron chi connectivity index (χ3n) is 5.71. The standard InChI is InChI=1S/C22H28N2O2/c1-25-20-7-2-5-17(15-20)21-8-3-9-22(23-21)18-6-4-12-24(16-18)19-10-13-26-14-11-19/h2-3,5,7-9,15,18-19H,4,6,10-14,16H2,1H3/t18-/m0/s1. The molecule has 3 heterocycles. The Balaban J connectivity index is 1.52. The molecule has 26 heavy (non-hydrogen) atoms. The highest BCUT2D eigenvalue weighted by molar-refractivity contribution is 5.61. The van der Waals surface area contributed by atoms with E-state index < -0.39 is 0 Å². The summed E-state index contributed by atoms with van der Waals surface area (Å²) in [6, 6.07) is 15.3. The number of pyridine rings is 1. The number of aromatic nitrogens is 1. The largest absolute Gasteiger partial charge is 0.497 e. The summed E-state index contributed by atoms with van der Waals surface area (Å²) >= 11 is 0. The van der Waals surface area contributed by atoms with Gasteiger partial charge in [-0.2, -0.15) is 0 Å². The van der Waals surface area contributed by atoms with Gasteiger partial charge in [0.25, 0.3) is 0 Å². The van der Waals surface area contributed by atoms with Gasteiger partial charge in [0.2, 0.25) is 0 Å². The van der Waals surface area contributed by atoms with Crippen LogP contribution in [0.25, 0.3) is 11.3 Å². The summed E-state index contributed by atoms with van der Waals surface area (Å²) in [5.74, 6) is 1.40. The molecule has 0 bridgehead atoms. The monoisotopic (exact) mass is 352 g/mol. The molecule has 4 heteroatoms. The third-order valence-corrected chi connectivity index (χ3v) is 5.71. The number of benzene rings is 1. The van der Waals surface area contributed by atoms with Crippen LogP contribution in [-0.2, 0) is 4.74 Å². The summed E-state index contributed by atoms with van der Waals surface area (Å²) in [4.78, 5) is 7.69. The van der Waals surface area contributed by atoms with Crippen LogP contribution < -0.4 is 4.74 Å². The van der Waals surface area contributed by atoms with E-state index in [1.165, 1.54) is 37.9 Å². The Bertz CT molecular complexity index is 728. The van der Waals surface area contributed by atoms with E-state index in [-0.39, 0.29) is 0 Å². The molecule has 138 valence electrons. The van der Waals surface area contributed by atoms with Crippen LogP contribution in [0.15, 0.2) is 42.5 Å². The Morgan fingerprint density at radius 3 is 2.77 bits per heavy atom. The molecule has 1 aromatic heterocycles. The zero-order chi connectivity index (χ0) is 17.8. The number of likely N-dealkylation sites (tertiary alicyclic amines) is 1. The predicted octanol–water partition coefficient (Wildman–Crippen LogP) is 4.12. The highest BCUT2D eigenvalue weighted by Gasteiger charge is 2.28. The maximum atomic E-state index is 5.54. The molecule has 1 aromatic carbocycles. The second kappa shape index (κ2) is 8.19. The molecule has 2 fully saturated rings. The summed E-state index contributed by atoms with van der Waals surface area (Å²) in [6.07, 6.45) is 4.83. The minimum atomic E-state index is 0.525. The van der Waals surface area contributed by atoms with Crippen LogP contribution in [0.1, 0.15) is 37.3 Å². The molecule has 2 aliphatic rings. The van der Waals surface area contributed by atoms with Crippen LogP contribution in [0.2, 0.25) is 0 Å². The number of methoxy groups -OCH3 is 1. The van der Waals surface area contributed by atoms with Gasteiger partial charge < -0.3 is 9.47 Å². The second-order valence-corrected chi connectivity index (χ2v) is 7.36. The lowest BCUT2D eigenvalue weighted by Gasteiger charge is -2.39. The summed E-state index contributed by atoms with van der Waals surface area (Å²) in [5.41, 5.74) is 3.37. The molecule has 2 aromatic rings. The number of rotatable bonds is 4. The minimum Gasteiger partial charge on any atom is -0.497 e. The molecule has 0 N–H and O–H groups in total. The Hall–Kier alpha value is -1.91. The van der Waals surface area contributed by atoms with E-state index in [2.05, 4.69) is 35.2 Å². The Morgan fingerprint density at radius 1 is 1.08 bits per heavy atom. The van der Waals surface area contributed by atoms with Crippen molar-refractivity contribution < 1.29 is 9.47 Å². The van der Waals surface area contributed by atoms with E-state index in [9.17, 15) is 0 Å². The van der Waals surface area contributed by atoms with Gasteiger partial charge in [-0.05, 0) is 56.5 Å². The summed E-state index contributed by atoms with van der Waals surface area (Å²) < 4.78 is 10.9. The maximum Gasteiger partial charge on any atom is 0.119 e. The maximum absolute atomic E-state index is 5.54. The Labute approximate surface area is 156 Å². The van der Waals surface area contributed by atoms with Gasteiger partial charge in [0, 0.05) is 43.0 Å². The molecule has 0 spiro atoms. The first-order valence-electron chi connectivity index (χ1n) is 9.76. The molecule has 4 rings (SSSR count). The van der Waals surface area contributed by atoms with Gasteiger partial charge in [0.1, 0.15) is 5.75 Å². The fraction of sp³-hybridized carbons (Fsp3) is 0.500. The molecule has 2 aliphatic heterocycles. The van der Waals surface area contributed by atoms with Gasteiger partial charge in [-0.15, -0.1) is 0 Å². The van der Waals surface area contributed by atoms with E-state index >= 15 is 0 Å². The number of piperidine rings is 1. The van der Waals surface area contributed by atoms with E-state index in [1.54, 1.807) is 7.11 Å². The molecule has 0 unspecified atom stereocenters. The molecule has 2 saturated heterocycles. The van der Waals surface area contributed by atoms with Crippen LogP contribution in [0.4, 0.5) is 0 Å². The normalized spacial score (nSPS) is 22.3. The molecule has 0 aliphatic carbocycles. The summed E-state index contributed by atoms with van der Waals surface area (Å²) in [6.45, 7) is 4.17. The van der Waals surface area contributed by atoms with E-state index in [4.69, 9.17) is 14.5 Å². The quantitative estimate of drug-likeness (QED) is 0.829. The number of hydrogen-bond donors (Lipinski definition) is 0. The minimum absolute atomic E-state index is 0.525. The molecule has 0 amide bonds. The average molecular weight is 352 g/mol. The van der Waals surface area contributed by atoms with Crippen molar-refractivity contribution in [3.05, 3.63) is 48.2 Å². The highest BCUT2D eigenvalue weighted by atomic mass is 16.5. The Kier molecular flexibility index (Phi) is 5.51. The summed E-state index contributed by atoms with van der Waals surface area (Å²) in [7, 11) is 1.70. The van der Waals surface area contributed by atoms with Gasteiger partial charge >= 0.3 is 0 Å². The Morgan fingerprint density at radius 2 is 1.92 bits per heavy atom. The SMILES string of the molecule is COc1cccc(-c2cccc([C@H]3CCCN(C4CCOCC4)C3)n2)c1. The number of nitrogens with zero attached hydrogens (tertiary/aromatic N) is 2. The van der Waals surface area contributed by atoms with Crippen molar-refractivity contribution in [2.75, 3.05) is 33.4 Å². The lowest BCUT2D eigenvalue weighted by atomic mass is 9.91. The van der Waals surface area contributed by atoms with Gasteiger partial charge in [0.05, 0.1) is 12.8 Å². The van der Waals surface area contributed by atoms with Gasteiger partial charge in [-0.25, -0.2) is 0 Å². The molecular formula is C22H28N2O2. The molecule has 0 radical (unpaired) electrons. The van der Waals surface area contributed by atoms with Crippen LogP contribution in [-0.4, -0.2) is 49.3 Å². The summed E-state index contributed by atoms with van der Waals surface area (Å²) in [5, 5.41) is 0. The van der Waals surface area contributed by atoms with Crippen LogP contribution in [0.3, 0.4) is 0 Å². The average Bonchev–Trinajstić information content (AvgIpc) is 2.74. The second-order valence-electron chi connectivity index (χ2n) is 7.36. The van der Waals surface area contributed by atoms with Crippen LogP contribution >= 0.6 is 0 Å². The van der Waals surface area contributed by atoms with Crippen LogP contribution in [0, 0.1) is 0 Å². The van der Waals surface area contributed by atoms with Crippen molar-refractivity contribution in [2.45, 2.75) is 37.6 Å². The topological polar surface area (TPSA) is 34.6 Å². The first-order valence-corrected chi connectivity index (χ1v) is 9.76. The molecule has 0 saturated carbocycles. The molecule has 4 nitrogen and oxygen atoms in total. The van der Waals surface area contributed by atoms with E-state index in [0.717, 1.165) is 36.8 Å². The fourth-order valence-electron chi connectivity index (χ4n) is 4.25.